The molecule has 9 heteroatoms. The first kappa shape index (κ1) is 21.8. The average molecular weight is 414 g/mol. The normalized spacial score (nSPS) is 19.2. The van der Waals surface area contributed by atoms with E-state index in [-0.39, 0.29) is 0 Å². The number of aromatic nitrogens is 4. The van der Waals surface area contributed by atoms with Gasteiger partial charge >= 0.3 is 5.66 Å². The van der Waals surface area contributed by atoms with Crippen LogP contribution < -0.4 is 20.1 Å². The molecule has 2 aromatic heterocycles. The van der Waals surface area contributed by atoms with Crippen LogP contribution in [0.15, 0.2) is 12.4 Å². The standard InChI is InChI=1S/C21H31N7O2/c1-14-17(12-28(27-14)21(2,3)23-5)25-20-24-11-18(29-6)19(26-20)30-13-15-7-9-16(22-4)10-8-15/h11-12,15-16,22H,7-10,13H2,1-4,6H3,(H,24,25,26). The number of nitrogens with zero attached hydrogens (tertiary/aromatic N) is 5. The number of nitrogens with one attached hydrogen (secondary N) is 2. The Morgan fingerprint density at radius 3 is 2.67 bits per heavy atom. The molecule has 1 saturated carbocycles. The number of hydrogen-bond donors (Lipinski definition) is 2. The van der Waals surface area contributed by atoms with Gasteiger partial charge in [-0.05, 0) is 45.6 Å². The van der Waals surface area contributed by atoms with Crippen molar-refractivity contribution in [3.63, 3.8) is 0 Å². The van der Waals surface area contributed by atoms with Crippen LogP contribution >= 0.6 is 0 Å². The first-order valence-corrected chi connectivity index (χ1v) is 10.3. The van der Waals surface area contributed by atoms with Crippen molar-refractivity contribution in [2.45, 2.75) is 58.2 Å². The minimum atomic E-state index is -0.758. The Balaban J connectivity index is 1.70. The van der Waals surface area contributed by atoms with Crippen molar-refractivity contribution in [1.82, 2.24) is 25.1 Å². The molecule has 0 saturated heterocycles. The predicted octanol–water partition coefficient (Wildman–Crippen LogP) is 3.50. The van der Waals surface area contributed by atoms with Gasteiger partial charge in [0, 0.05) is 19.9 Å². The van der Waals surface area contributed by atoms with Crippen molar-refractivity contribution in [2.75, 3.05) is 26.1 Å². The summed E-state index contributed by atoms with van der Waals surface area (Å²) in [6.07, 6.45) is 8.01. The van der Waals surface area contributed by atoms with Crippen LogP contribution in [0.3, 0.4) is 0 Å². The van der Waals surface area contributed by atoms with Crippen LogP contribution in [0.1, 0.15) is 45.2 Å². The third kappa shape index (κ3) is 5.00. The quantitative estimate of drug-likeness (QED) is 0.640. The third-order valence-electron chi connectivity index (χ3n) is 5.63. The molecule has 2 heterocycles. The van der Waals surface area contributed by atoms with Gasteiger partial charge in [0.05, 0.1) is 37.5 Å². The molecule has 0 aliphatic heterocycles. The lowest BCUT2D eigenvalue weighted by Crippen LogP contribution is -2.31. The summed E-state index contributed by atoms with van der Waals surface area (Å²) in [5.74, 6) is 1.85. The van der Waals surface area contributed by atoms with Crippen LogP contribution in [0.2, 0.25) is 0 Å². The summed E-state index contributed by atoms with van der Waals surface area (Å²) >= 11 is 0. The van der Waals surface area contributed by atoms with E-state index in [0.29, 0.717) is 36.1 Å². The number of rotatable bonds is 8. The minimum absolute atomic E-state index is 0.396. The first-order valence-electron chi connectivity index (χ1n) is 10.3. The second-order valence-corrected chi connectivity index (χ2v) is 8.19. The molecule has 9 nitrogen and oxygen atoms in total. The maximum absolute atomic E-state index is 7.35. The average Bonchev–Trinajstić information content (AvgIpc) is 3.13. The van der Waals surface area contributed by atoms with E-state index in [9.17, 15) is 0 Å². The van der Waals surface area contributed by atoms with Gasteiger partial charge in [-0.2, -0.15) is 14.8 Å². The van der Waals surface area contributed by atoms with E-state index in [1.165, 1.54) is 12.8 Å². The SMILES string of the molecule is [C-]#[N+]C(C)(C)n1cc(Nc2ncc(OC)c(OCC3CCC(NC)CC3)n2)c(C)n1. The highest BCUT2D eigenvalue weighted by molar-refractivity contribution is 5.56. The molecule has 0 amide bonds. The van der Waals surface area contributed by atoms with Crippen molar-refractivity contribution >= 4 is 11.6 Å². The summed E-state index contributed by atoms with van der Waals surface area (Å²) in [5, 5.41) is 11.0. The zero-order valence-electron chi connectivity index (χ0n) is 18.4. The lowest BCUT2D eigenvalue weighted by atomic mass is 9.87. The lowest BCUT2D eigenvalue weighted by molar-refractivity contribution is 0.183. The summed E-state index contributed by atoms with van der Waals surface area (Å²) in [6, 6.07) is 0.614. The summed E-state index contributed by atoms with van der Waals surface area (Å²) < 4.78 is 13.0. The van der Waals surface area contributed by atoms with Gasteiger partial charge in [0.15, 0.2) is 5.75 Å². The molecular formula is C21H31N7O2. The Bertz CT molecular complexity index is 895. The number of anilines is 2. The number of hydrogen-bond acceptors (Lipinski definition) is 7. The molecule has 0 atom stereocenters. The molecule has 1 fully saturated rings. The number of aryl methyl sites for hydroxylation is 1. The van der Waals surface area contributed by atoms with Crippen LogP contribution in [0.25, 0.3) is 4.85 Å². The van der Waals surface area contributed by atoms with E-state index in [2.05, 4.69) is 30.5 Å². The highest BCUT2D eigenvalue weighted by Gasteiger charge is 2.27. The number of methoxy groups -OCH3 is 1. The third-order valence-corrected chi connectivity index (χ3v) is 5.63. The second kappa shape index (κ2) is 9.30. The van der Waals surface area contributed by atoms with E-state index in [1.807, 2.05) is 27.8 Å². The van der Waals surface area contributed by atoms with Gasteiger partial charge in [-0.3, -0.25) is 4.85 Å². The van der Waals surface area contributed by atoms with Gasteiger partial charge in [0.1, 0.15) is 0 Å². The van der Waals surface area contributed by atoms with Crippen molar-refractivity contribution in [1.29, 1.82) is 0 Å². The van der Waals surface area contributed by atoms with E-state index >= 15 is 0 Å². The van der Waals surface area contributed by atoms with Gasteiger partial charge in [-0.25, -0.2) is 11.6 Å². The van der Waals surface area contributed by atoms with E-state index in [1.54, 1.807) is 24.2 Å². The Kier molecular flexibility index (Phi) is 6.77. The molecule has 30 heavy (non-hydrogen) atoms. The topological polar surface area (TPSA) is 90.5 Å². The molecular weight excluding hydrogens is 382 g/mol. The fraction of sp³-hybridized carbons (Fsp3) is 0.619. The molecule has 0 bridgehead atoms. The fourth-order valence-electron chi connectivity index (χ4n) is 3.51. The van der Waals surface area contributed by atoms with Gasteiger partial charge < -0.3 is 20.1 Å². The Hall–Kier alpha value is -2.86. The molecule has 1 aliphatic carbocycles. The van der Waals surface area contributed by atoms with Gasteiger partial charge in [-0.15, -0.1) is 0 Å². The van der Waals surface area contributed by atoms with Gasteiger partial charge in [-0.1, -0.05) is 0 Å². The summed E-state index contributed by atoms with van der Waals surface area (Å²) in [4.78, 5) is 12.4. The predicted molar refractivity (Wildman–Crippen MR) is 115 cm³/mol. The number of ether oxygens (including phenoxy) is 2. The molecule has 0 spiro atoms. The Labute approximate surface area is 178 Å². The van der Waals surface area contributed by atoms with Crippen molar-refractivity contribution < 1.29 is 9.47 Å². The zero-order chi connectivity index (χ0) is 21.7. The largest absolute Gasteiger partial charge is 0.490 e. The highest BCUT2D eigenvalue weighted by Crippen LogP contribution is 2.30. The molecule has 0 aromatic carbocycles. The molecule has 162 valence electrons. The summed E-state index contributed by atoms with van der Waals surface area (Å²) in [6.45, 7) is 13.5. The van der Waals surface area contributed by atoms with Crippen molar-refractivity contribution in [3.05, 3.63) is 29.5 Å². The minimum Gasteiger partial charge on any atom is -0.490 e. The summed E-state index contributed by atoms with van der Waals surface area (Å²) in [7, 11) is 3.60. The maximum atomic E-state index is 7.35. The maximum Gasteiger partial charge on any atom is 0.319 e. The van der Waals surface area contributed by atoms with E-state index in [4.69, 9.17) is 16.0 Å². The smallest absolute Gasteiger partial charge is 0.319 e. The molecule has 1 aliphatic rings. The highest BCUT2D eigenvalue weighted by atomic mass is 16.5. The molecule has 2 aromatic rings. The van der Waals surface area contributed by atoms with Gasteiger partial charge in [0.2, 0.25) is 5.95 Å². The van der Waals surface area contributed by atoms with Crippen LogP contribution in [0.5, 0.6) is 11.6 Å². The van der Waals surface area contributed by atoms with Crippen LogP contribution in [-0.4, -0.2) is 46.6 Å². The van der Waals surface area contributed by atoms with Crippen molar-refractivity contribution in [2.24, 2.45) is 5.92 Å². The van der Waals surface area contributed by atoms with Crippen LogP contribution in [-0.2, 0) is 5.66 Å². The molecule has 2 N–H and O–H groups in total. The van der Waals surface area contributed by atoms with Crippen LogP contribution in [0.4, 0.5) is 11.6 Å². The lowest BCUT2D eigenvalue weighted by Gasteiger charge is -2.28. The fourth-order valence-corrected chi connectivity index (χ4v) is 3.51. The van der Waals surface area contributed by atoms with Gasteiger partial charge in [0.25, 0.3) is 5.88 Å². The monoisotopic (exact) mass is 413 g/mol. The first-order chi connectivity index (χ1) is 14.4. The van der Waals surface area contributed by atoms with Crippen LogP contribution in [0, 0.1) is 19.4 Å². The molecule has 0 unspecified atom stereocenters. The molecule has 3 rings (SSSR count). The second-order valence-electron chi connectivity index (χ2n) is 8.19. The van der Waals surface area contributed by atoms with E-state index < -0.39 is 5.66 Å². The Morgan fingerprint density at radius 2 is 2.03 bits per heavy atom. The Morgan fingerprint density at radius 1 is 1.30 bits per heavy atom. The van der Waals surface area contributed by atoms with E-state index in [0.717, 1.165) is 24.2 Å². The molecule has 0 radical (unpaired) electrons. The summed E-state index contributed by atoms with van der Waals surface area (Å²) in [5.41, 5.74) is 0.745. The van der Waals surface area contributed by atoms with Crippen molar-refractivity contribution in [3.8, 4) is 11.6 Å². The zero-order valence-corrected chi connectivity index (χ0v) is 18.4.